The molecule has 0 saturated carbocycles. The summed E-state index contributed by atoms with van der Waals surface area (Å²) < 4.78 is 12.4. The number of hydrogen-bond acceptors (Lipinski definition) is 6. The van der Waals surface area contributed by atoms with Crippen molar-refractivity contribution in [3.63, 3.8) is 0 Å². The third-order valence-electron chi connectivity index (χ3n) is 4.51. The second kappa shape index (κ2) is 7.19. The Morgan fingerprint density at radius 1 is 1.14 bits per heavy atom. The maximum Gasteiger partial charge on any atom is 0.267 e. The number of aromatic nitrogens is 3. The van der Waals surface area contributed by atoms with E-state index >= 15 is 0 Å². The van der Waals surface area contributed by atoms with E-state index in [0.29, 0.717) is 41.2 Å². The predicted molar refractivity (Wildman–Crippen MR) is 105 cm³/mol. The topological polar surface area (TPSA) is 90.4 Å². The van der Waals surface area contributed by atoms with Gasteiger partial charge in [0.05, 0.1) is 12.1 Å². The van der Waals surface area contributed by atoms with Gasteiger partial charge < -0.3 is 18.9 Å². The van der Waals surface area contributed by atoms with E-state index in [1.165, 1.54) is 0 Å². The molecule has 2 aromatic heterocycles. The van der Waals surface area contributed by atoms with Crippen LogP contribution in [0.5, 0.6) is 11.5 Å². The Kier molecular flexibility index (Phi) is 4.57. The minimum Gasteiger partial charge on any atom is -0.506 e. The summed E-state index contributed by atoms with van der Waals surface area (Å²) in [5, 5.41) is 15.3. The summed E-state index contributed by atoms with van der Waals surface area (Å²) in [5.74, 6) is 0.815. The largest absolute Gasteiger partial charge is 0.506 e. The highest BCUT2D eigenvalue weighted by Gasteiger charge is 2.22. The van der Waals surface area contributed by atoms with Gasteiger partial charge in [-0.2, -0.15) is 4.98 Å². The molecule has 0 amide bonds. The average Bonchev–Trinajstić information content (AvgIpc) is 3.19. The molecule has 2 aromatic carbocycles. The third kappa shape index (κ3) is 2.90. The molecule has 0 aliphatic carbocycles. The molecule has 0 atom stereocenters. The highest BCUT2D eigenvalue weighted by molar-refractivity contribution is 5.91. The molecule has 0 fully saturated rings. The smallest absolute Gasteiger partial charge is 0.267 e. The molecule has 28 heavy (non-hydrogen) atoms. The van der Waals surface area contributed by atoms with Gasteiger partial charge in [-0.05, 0) is 38.1 Å². The van der Waals surface area contributed by atoms with E-state index in [2.05, 4.69) is 10.1 Å². The van der Waals surface area contributed by atoms with Crippen LogP contribution in [0.3, 0.4) is 0 Å². The van der Waals surface area contributed by atoms with Gasteiger partial charge in [0, 0.05) is 17.5 Å². The fraction of sp³-hybridized carbons (Fsp3) is 0.190. The summed E-state index contributed by atoms with van der Waals surface area (Å²) in [6, 6.07) is 14.4. The van der Waals surface area contributed by atoms with Crippen LogP contribution in [0.25, 0.3) is 33.7 Å². The fourth-order valence-electron chi connectivity index (χ4n) is 3.23. The molecule has 0 aliphatic rings. The number of para-hydroxylation sites is 1. The lowest BCUT2D eigenvalue weighted by Gasteiger charge is -2.11. The van der Waals surface area contributed by atoms with E-state index in [1.807, 2.05) is 38.1 Å². The van der Waals surface area contributed by atoms with Crippen molar-refractivity contribution in [2.24, 2.45) is 0 Å². The quantitative estimate of drug-likeness (QED) is 0.568. The number of benzene rings is 2. The zero-order chi connectivity index (χ0) is 19.7. The fourth-order valence-corrected chi connectivity index (χ4v) is 3.23. The molecule has 0 spiro atoms. The standard InChI is InChI=1S/C21H19N3O4/c1-3-24-16-11-6-5-10-15(16)18(25)17(21(24)26)20-22-19(23-28-20)13-8-7-9-14(12-13)27-4-2/h5-12,25H,3-4H2,1-2H3. The van der Waals surface area contributed by atoms with Crippen molar-refractivity contribution in [2.45, 2.75) is 20.4 Å². The Morgan fingerprint density at radius 3 is 2.75 bits per heavy atom. The first-order valence-corrected chi connectivity index (χ1v) is 9.05. The maximum absolute atomic E-state index is 13.0. The Hall–Kier alpha value is -3.61. The molecule has 0 bridgehead atoms. The molecule has 0 radical (unpaired) electrons. The number of aryl methyl sites for hydroxylation is 1. The molecule has 4 aromatic rings. The monoisotopic (exact) mass is 377 g/mol. The van der Waals surface area contributed by atoms with E-state index in [0.717, 1.165) is 0 Å². The van der Waals surface area contributed by atoms with Gasteiger partial charge in [-0.1, -0.05) is 29.4 Å². The Labute approximate surface area is 160 Å². The Morgan fingerprint density at radius 2 is 1.96 bits per heavy atom. The predicted octanol–water partition coefficient (Wildman–Crippen LogP) is 3.84. The number of pyridine rings is 1. The maximum atomic E-state index is 13.0. The van der Waals surface area contributed by atoms with E-state index in [1.54, 1.807) is 28.8 Å². The van der Waals surface area contributed by atoms with Crippen LogP contribution in [0.2, 0.25) is 0 Å². The summed E-state index contributed by atoms with van der Waals surface area (Å²) in [5.41, 5.74) is 0.967. The van der Waals surface area contributed by atoms with Gasteiger partial charge in [-0.25, -0.2) is 0 Å². The van der Waals surface area contributed by atoms with Crippen molar-refractivity contribution < 1.29 is 14.4 Å². The molecule has 0 saturated heterocycles. The highest BCUT2D eigenvalue weighted by Crippen LogP contribution is 2.33. The van der Waals surface area contributed by atoms with Crippen LogP contribution in [0, 0.1) is 0 Å². The van der Waals surface area contributed by atoms with Gasteiger partial charge in [0.1, 0.15) is 17.1 Å². The van der Waals surface area contributed by atoms with E-state index < -0.39 is 0 Å². The van der Waals surface area contributed by atoms with Gasteiger partial charge >= 0.3 is 0 Å². The van der Waals surface area contributed by atoms with Crippen LogP contribution in [0.15, 0.2) is 57.8 Å². The summed E-state index contributed by atoms with van der Waals surface area (Å²) in [6.45, 7) is 4.76. The SMILES string of the molecule is CCOc1cccc(-c2noc(-c3c(O)c4ccccc4n(CC)c3=O)n2)c1. The van der Waals surface area contributed by atoms with Crippen molar-refractivity contribution >= 4 is 10.9 Å². The van der Waals surface area contributed by atoms with E-state index in [9.17, 15) is 9.90 Å². The van der Waals surface area contributed by atoms with Gasteiger partial charge in [0.25, 0.3) is 11.4 Å². The second-order valence-corrected chi connectivity index (χ2v) is 6.17. The van der Waals surface area contributed by atoms with E-state index in [-0.39, 0.29) is 22.8 Å². The number of hydrogen-bond donors (Lipinski definition) is 1. The van der Waals surface area contributed by atoms with Crippen molar-refractivity contribution in [1.29, 1.82) is 0 Å². The minimum absolute atomic E-state index is 0.000243. The molecular formula is C21H19N3O4. The van der Waals surface area contributed by atoms with Crippen LogP contribution in [0.1, 0.15) is 13.8 Å². The van der Waals surface area contributed by atoms with Gasteiger partial charge in [0.15, 0.2) is 0 Å². The minimum atomic E-state index is -0.378. The Bertz CT molecular complexity index is 1210. The molecule has 4 rings (SSSR count). The number of rotatable bonds is 5. The molecular weight excluding hydrogens is 358 g/mol. The molecule has 7 nitrogen and oxygen atoms in total. The van der Waals surface area contributed by atoms with Crippen molar-refractivity contribution in [2.75, 3.05) is 6.61 Å². The first-order chi connectivity index (χ1) is 13.6. The van der Waals surface area contributed by atoms with Crippen molar-refractivity contribution in [3.05, 3.63) is 58.9 Å². The van der Waals surface area contributed by atoms with Crippen LogP contribution in [0.4, 0.5) is 0 Å². The first-order valence-electron chi connectivity index (χ1n) is 9.05. The number of nitrogens with zero attached hydrogens (tertiary/aromatic N) is 3. The summed E-state index contributed by atoms with van der Waals surface area (Å²) in [7, 11) is 0. The number of fused-ring (bicyclic) bond motifs is 1. The van der Waals surface area contributed by atoms with Crippen LogP contribution in [-0.2, 0) is 6.54 Å². The van der Waals surface area contributed by atoms with Crippen LogP contribution < -0.4 is 10.3 Å². The molecule has 7 heteroatoms. The van der Waals surface area contributed by atoms with E-state index in [4.69, 9.17) is 9.26 Å². The zero-order valence-electron chi connectivity index (χ0n) is 15.5. The first kappa shape index (κ1) is 17.8. The lowest BCUT2D eigenvalue weighted by Crippen LogP contribution is -2.21. The summed E-state index contributed by atoms with van der Waals surface area (Å²) in [6.07, 6.45) is 0. The normalized spacial score (nSPS) is 11.1. The average molecular weight is 377 g/mol. The zero-order valence-corrected chi connectivity index (χ0v) is 15.5. The molecule has 2 heterocycles. The molecule has 1 N–H and O–H groups in total. The van der Waals surface area contributed by atoms with Crippen molar-refractivity contribution in [3.8, 4) is 34.3 Å². The summed E-state index contributed by atoms with van der Waals surface area (Å²) >= 11 is 0. The van der Waals surface area contributed by atoms with Crippen molar-refractivity contribution in [1.82, 2.24) is 14.7 Å². The third-order valence-corrected chi connectivity index (χ3v) is 4.51. The van der Waals surface area contributed by atoms with Gasteiger partial charge in [0.2, 0.25) is 5.82 Å². The highest BCUT2D eigenvalue weighted by atomic mass is 16.5. The molecule has 0 aliphatic heterocycles. The lowest BCUT2D eigenvalue weighted by atomic mass is 10.1. The lowest BCUT2D eigenvalue weighted by molar-refractivity contribution is 0.340. The number of ether oxygens (including phenoxy) is 1. The van der Waals surface area contributed by atoms with Gasteiger partial charge in [-0.3, -0.25) is 4.79 Å². The van der Waals surface area contributed by atoms with Crippen LogP contribution >= 0.6 is 0 Å². The molecule has 142 valence electrons. The molecule has 0 unspecified atom stereocenters. The van der Waals surface area contributed by atoms with Gasteiger partial charge in [-0.15, -0.1) is 0 Å². The Balaban J connectivity index is 1.87. The second-order valence-electron chi connectivity index (χ2n) is 6.17. The van der Waals surface area contributed by atoms with Crippen LogP contribution in [-0.4, -0.2) is 26.4 Å². The number of aromatic hydroxyl groups is 1. The summed E-state index contributed by atoms with van der Waals surface area (Å²) in [4.78, 5) is 17.3.